The van der Waals surface area contributed by atoms with Crippen molar-refractivity contribution in [1.82, 2.24) is 9.97 Å². The average Bonchev–Trinajstić information content (AvgIpc) is 2.52. The van der Waals surface area contributed by atoms with Gasteiger partial charge in [0, 0.05) is 11.5 Å². The van der Waals surface area contributed by atoms with Crippen molar-refractivity contribution in [2.75, 3.05) is 12.4 Å². The summed E-state index contributed by atoms with van der Waals surface area (Å²) in [4.78, 5) is 8.45. The number of hydrogen-bond donors (Lipinski definition) is 1. The Morgan fingerprint density at radius 3 is 2.82 bits per heavy atom. The van der Waals surface area contributed by atoms with E-state index in [4.69, 9.17) is 4.74 Å². The van der Waals surface area contributed by atoms with Crippen LogP contribution in [0.15, 0.2) is 41.1 Å². The first-order chi connectivity index (χ1) is 10.6. The van der Waals surface area contributed by atoms with Crippen LogP contribution in [0.25, 0.3) is 10.9 Å². The molecule has 1 heterocycles. The number of hydrogen-bond acceptors (Lipinski definition) is 4. The van der Waals surface area contributed by atoms with E-state index in [1.165, 1.54) is 6.33 Å². The molecule has 1 aromatic heterocycles. The van der Waals surface area contributed by atoms with E-state index < -0.39 is 0 Å². The summed E-state index contributed by atoms with van der Waals surface area (Å²) in [5, 5.41) is 3.81. The van der Waals surface area contributed by atoms with Crippen LogP contribution in [-0.2, 0) is 0 Å². The smallest absolute Gasteiger partial charge is 0.149 e. The predicted molar refractivity (Wildman–Crippen MR) is 88.2 cm³/mol. The normalized spacial score (nSPS) is 10.7. The average molecular weight is 362 g/mol. The van der Waals surface area contributed by atoms with Gasteiger partial charge in [0.2, 0.25) is 0 Å². The molecule has 0 atom stereocenters. The highest BCUT2D eigenvalue weighted by atomic mass is 79.9. The lowest BCUT2D eigenvalue weighted by molar-refractivity contribution is 0.412. The number of anilines is 2. The Morgan fingerprint density at radius 2 is 2.05 bits per heavy atom. The van der Waals surface area contributed by atoms with Gasteiger partial charge in [-0.25, -0.2) is 14.4 Å². The van der Waals surface area contributed by atoms with Crippen LogP contribution in [0, 0.1) is 12.7 Å². The van der Waals surface area contributed by atoms with Gasteiger partial charge in [-0.1, -0.05) is 12.1 Å². The Hall–Kier alpha value is -2.21. The van der Waals surface area contributed by atoms with E-state index in [1.807, 2.05) is 6.07 Å². The molecule has 3 aromatic rings. The van der Waals surface area contributed by atoms with Gasteiger partial charge in [-0.2, -0.15) is 0 Å². The summed E-state index contributed by atoms with van der Waals surface area (Å²) in [6.07, 6.45) is 1.44. The third-order valence-electron chi connectivity index (χ3n) is 3.35. The highest BCUT2D eigenvalue weighted by molar-refractivity contribution is 9.10. The molecule has 0 aliphatic heterocycles. The minimum Gasteiger partial charge on any atom is -0.495 e. The first kappa shape index (κ1) is 14.7. The van der Waals surface area contributed by atoms with E-state index >= 15 is 0 Å². The third kappa shape index (κ3) is 2.62. The van der Waals surface area contributed by atoms with Gasteiger partial charge in [-0.3, -0.25) is 0 Å². The molecule has 0 saturated carbocycles. The van der Waals surface area contributed by atoms with Crippen LogP contribution in [0.3, 0.4) is 0 Å². The number of aromatic nitrogens is 2. The molecule has 0 fully saturated rings. The van der Waals surface area contributed by atoms with E-state index in [9.17, 15) is 4.39 Å². The van der Waals surface area contributed by atoms with Gasteiger partial charge >= 0.3 is 0 Å². The molecule has 0 aliphatic carbocycles. The van der Waals surface area contributed by atoms with E-state index in [1.54, 1.807) is 38.3 Å². The summed E-state index contributed by atoms with van der Waals surface area (Å²) in [6, 6.07) is 8.85. The van der Waals surface area contributed by atoms with Crippen molar-refractivity contribution in [3.8, 4) is 5.75 Å². The molecule has 0 amide bonds. The van der Waals surface area contributed by atoms with Gasteiger partial charge in [0.15, 0.2) is 0 Å². The van der Waals surface area contributed by atoms with Gasteiger partial charge in [0.05, 0.1) is 22.8 Å². The number of halogens is 2. The minimum atomic E-state index is -0.290. The van der Waals surface area contributed by atoms with E-state index in [0.29, 0.717) is 28.3 Å². The van der Waals surface area contributed by atoms with Crippen molar-refractivity contribution in [3.05, 3.63) is 52.5 Å². The summed E-state index contributed by atoms with van der Waals surface area (Å²) < 4.78 is 20.2. The first-order valence-electron chi connectivity index (χ1n) is 6.60. The Balaban J connectivity index is 2.11. The number of ether oxygens (including phenoxy) is 1. The molecular weight excluding hydrogens is 349 g/mol. The second kappa shape index (κ2) is 5.88. The predicted octanol–water partition coefficient (Wildman–Crippen LogP) is 4.59. The zero-order chi connectivity index (χ0) is 15.7. The second-order valence-corrected chi connectivity index (χ2v) is 5.64. The number of aryl methyl sites for hydroxylation is 1. The Morgan fingerprint density at radius 1 is 1.23 bits per heavy atom. The number of fused-ring (bicyclic) bond motifs is 1. The fraction of sp³-hybridized carbons (Fsp3) is 0.125. The molecule has 3 rings (SSSR count). The van der Waals surface area contributed by atoms with Crippen molar-refractivity contribution >= 4 is 38.3 Å². The quantitative estimate of drug-likeness (QED) is 0.740. The highest BCUT2D eigenvalue weighted by Gasteiger charge is 2.11. The molecule has 112 valence electrons. The number of rotatable bonds is 3. The molecule has 6 heteroatoms. The van der Waals surface area contributed by atoms with Crippen LogP contribution in [0.5, 0.6) is 5.75 Å². The lowest BCUT2D eigenvalue weighted by Crippen LogP contribution is -1.99. The number of benzene rings is 2. The van der Waals surface area contributed by atoms with Crippen molar-refractivity contribution in [1.29, 1.82) is 0 Å². The second-order valence-electron chi connectivity index (χ2n) is 4.79. The number of methoxy groups -OCH3 is 1. The Kier molecular flexibility index (Phi) is 3.94. The lowest BCUT2D eigenvalue weighted by Gasteiger charge is -2.11. The number of nitrogens with zero attached hydrogens (tertiary/aromatic N) is 2. The van der Waals surface area contributed by atoms with Crippen molar-refractivity contribution in [2.45, 2.75) is 6.92 Å². The first-order valence-corrected chi connectivity index (χ1v) is 7.40. The largest absolute Gasteiger partial charge is 0.495 e. The topological polar surface area (TPSA) is 47.0 Å². The van der Waals surface area contributed by atoms with Gasteiger partial charge in [-0.15, -0.1) is 0 Å². The van der Waals surface area contributed by atoms with Crippen LogP contribution < -0.4 is 10.1 Å². The minimum absolute atomic E-state index is 0.290. The molecule has 1 N–H and O–H groups in total. The Labute approximate surface area is 135 Å². The summed E-state index contributed by atoms with van der Waals surface area (Å²) in [6.45, 7) is 1.72. The van der Waals surface area contributed by atoms with Crippen LogP contribution in [0.1, 0.15) is 5.56 Å². The maximum Gasteiger partial charge on any atom is 0.149 e. The summed E-state index contributed by atoms with van der Waals surface area (Å²) in [5.41, 5.74) is 1.67. The molecule has 0 bridgehead atoms. The van der Waals surface area contributed by atoms with Crippen molar-refractivity contribution in [3.63, 3.8) is 0 Å². The van der Waals surface area contributed by atoms with Crippen LogP contribution in [0.2, 0.25) is 0 Å². The monoisotopic (exact) mass is 361 g/mol. The fourth-order valence-corrected chi connectivity index (χ4v) is 2.69. The molecule has 2 aromatic carbocycles. The zero-order valence-electron chi connectivity index (χ0n) is 12.0. The fourth-order valence-electron chi connectivity index (χ4n) is 2.19. The van der Waals surface area contributed by atoms with Crippen LogP contribution >= 0.6 is 15.9 Å². The number of nitrogens with one attached hydrogen (secondary N) is 1. The standard InChI is InChI=1S/C16H13BrFN3O/c1-9-4-3-5-12(15(9)18)21-16-10-6-11(17)14(22-2)7-13(10)19-8-20-16/h3-8H,1-2H3,(H,19,20,21). The van der Waals surface area contributed by atoms with E-state index in [0.717, 1.165) is 9.86 Å². The molecule has 22 heavy (non-hydrogen) atoms. The summed E-state index contributed by atoms with van der Waals surface area (Å²) in [7, 11) is 1.59. The Bertz CT molecular complexity index is 854. The van der Waals surface area contributed by atoms with Gasteiger partial charge in [0.25, 0.3) is 0 Å². The SMILES string of the molecule is COc1cc2ncnc(Nc3cccc(C)c3F)c2cc1Br. The third-order valence-corrected chi connectivity index (χ3v) is 3.97. The van der Waals surface area contributed by atoms with Gasteiger partial charge in [-0.05, 0) is 40.5 Å². The molecule has 0 unspecified atom stereocenters. The van der Waals surface area contributed by atoms with Crippen LogP contribution in [-0.4, -0.2) is 17.1 Å². The molecule has 0 spiro atoms. The van der Waals surface area contributed by atoms with Crippen molar-refractivity contribution in [2.24, 2.45) is 0 Å². The lowest BCUT2D eigenvalue weighted by atomic mass is 10.2. The molecule has 4 nitrogen and oxygen atoms in total. The molecule has 0 saturated heterocycles. The molecule has 0 aliphatic rings. The van der Waals surface area contributed by atoms with Crippen molar-refractivity contribution < 1.29 is 9.13 Å². The molecular formula is C16H13BrFN3O. The van der Waals surface area contributed by atoms with Crippen LogP contribution in [0.4, 0.5) is 15.9 Å². The highest BCUT2D eigenvalue weighted by Crippen LogP contribution is 2.33. The van der Waals surface area contributed by atoms with Gasteiger partial charge < -0.3 is 10.1 Å². The summed E-state index contributed by atoms with van der Waals surface area (Å²) >= 11 is 3.44. The van der Waals surface area contributed by atoms with E-state index in [2.05, 4.69) is 31.2 Å². The molecule has 0 radical (unpaired) electrons. The maximum atomic E-state index is 14.2. The van der Waals surface area contributed by atoms with Gasteiger partial charge in [0.1, 0.15) is 23.7 Å². The maximum absolute atomic E-state index is 14.2. The zero-order valence-corrected chi connectivity index (χ0v) is 13.6. The summed E-state index contributed by atoms with van der Waals surface area (Å²) in [5.74, 6) is 0.929. The van der Waals surface area contributed by atoms with E-state index in [-0.39, 0.29) is 5.82 Å².